The molecule has 0 aliphatic rings. The second-order valence-corrected chi connectivity index (χ2v) is 3.50. The van der Waals surface area contributed by atoms with Gasteiger partial charge in [-0.1, -0.05) is 11.6 Å². The van der Waals surface area contributed by atoms with Gasteiger partial charge < -0.3 is 10.5 Å². The van der Waals surface area contributed by atoms with Crippen LogP contribution in [0, 0.1) is 3.57 Å². The van der Waals surface area contributed by atoms with Crippen molar-refractivity contribution in [3.05, 3.63) is 20.7 Å². The Labute approximate surface area is 83.8 Å². The summed E-state index contributed by atoms with van der Waals surface area (Å²) in [6.07, 6.45) is 0. The third-order valence-electron chi connectivity index (χ3n) is 1.27. The summed E-state index contributed by atoms with van der Waals surface area (Å²) in [7, 11) is 1.58. The molecule has 0 aliphatic carbocycles. The van der Waals surface area contributed by atoms with E-state index in [1.54, 1.807) is 19.2 Å². The number of anilines is 1. The van der Waals surface area contributed by atoms with E-state index in [0.717, 1.165) is 3.57 Å². The van der Waals surface area contributed by atoms with Crippen LogP contribution in [0.15, 0.2) is 12.1 Å². The fourth-order valence-electron chi connectivity index (χ4n) is 0.702. The molecule has 0 fully saturated rings. The van der Waals surface area contributed by atoms with Crippen molar-refractivity contribution >= 4 is 39.9 Å². The highest BCUT2D eigenvalue weighted by atomic mass is 127. The summed E-state index contributed by atoms with van der Waals surface area (Å²) in [5.74, 6) is 0.688. The Balaban J connectivity index is 3.21. The first kappa shape index (κ1) is 8.93. The topological polar surface area (TPSA) is 35.2 Å². The van der Waals surface area contributed by atoms with Gasteiger partial charge in [0.1, 0.15) is 5.75 Å². The van der Waals surface area contributed by atoms with Crippen LogP contribution in [0.2, 0.25) is 5.02 Å². The normalized spacial score (nSPS) is 9.73. The van der Waals surface area contributed by atoms with Crippen LogP contribution in [0.3, 0.4) is 0 Å². The molecule has 0 saturated carbocycles. The summed E-state index contributed by atoms with van der Waals surface area (Å²) in [4.78, 5) is 0. The van der Waals surface area contributed by atoms with Crippen molar-refractivity contribution in [3.63, 3.8) is 0 Å². The fraction of sp³-hybridized carbons (Fsp3) is 0.143. The minimum atomic E-state index is 0.627. The number of ether oxygens (including phenoxy) is 1. The average molecular weight is 283 g/mol. The zero-order chi connectivity index (χ0) is 8.43. The molecular formula is C7H7ClINO. The highest BCUT2D eigenvalue weighted by Crippen LogP contribution is 2.29. The van der Waals surface area contributed by atoms with Crippen LogP contribution in [0.5, 0.6) is 5.75 Å². The quantitative estimate of drug-likeness (QED) is 0.635. The minimum Gasteiger partial charge on any atom is -0.497 e. The van der Waals surface area contributed by atoms with Crippen LogP contribution in [0.25, 0.3) is 0 Å². The molecule has 0 heterocycles. The molecule has 2 nitrogen and oxygen atoms in total. The van der Waals surface area contributed by atoms with Crippen LogP contribution < -0.4 is 10.5 Å². The van der Waals surface area contributed by atoms with Crippen molar-refractivity contribution in [3.8, 4) is 5.75 Å². The first-order chi connectivity index (χ1) is 5.15. The maximum atomic E-state index is 5.83. The number of hydrogen-bond acceptors (Lipinski definition) is 2. The van der Waals surface area contributed by atoms with Gasteiger partial charge in [0.05, 0.1) is 21.4 Å². The van der Waals surface area contributed by atoms with Crippen molar-refractivity contribution in [2.45, 2.75) is 0 Å². The van der Waals surface area contributed by atoms with E-state index >= 15 is 0 Å². The standard InChI is InChI=1S/C7H7ClINO/c1-11-4-2-5(8)7(9)6(10)3-4/h2-3H,10H2,1H3. The maximum Gasteiger partial charge on any atom is 0.122 e. The van der Waals surface area contributed by atoms with Gasteiger partial charge in [-0.2, -0.15) is 0 Å². The number of halogens is 2. The van der Waals surface area contributed by atoms with Crippen LogP contribution >= 0.6 is 34.2 Å². The minimum absolute atomic E-state index is 0.627. The van der Waals surface area contributed by atoms with Gasteiger partial charge in [0, 0.05) is 6.07 Å². The van der Waals surface area contributed by atoms with Gasteiger partial charge in [0.25, 0.3) is 0 Å². The molecular weight excluding hydrogens is 276 g/mol. The zero-order valence-electron chi connectivity index (χ0n) is 5.90. The zero-order valence-corrected chi connectivity index (χ0v) is 8.81. The summed E-state index contributed by atoms with van der Waals surface area (Å²) in [6, 6.07) is 3.48. The molecule has 0 unspecified atom stereocenters. The highest BCUT2D eigenvalue weighted by Gasteiger charge is 2.03. The van der Waals surface area contributed by atoms with Gasteiger partial charge in [0.2, 0.25) is 0 Å². The Morgan fingerprint density at radius 3 is 2.64 bits per heavy atom. The van der Waals surface area contributed by atoms with E-state index in [-0.39, 0.29) is 0 Å². The Kier molecular flexibility index (Phi) is 2.84. The number of nitrogen functional groups attached to an aromatic ring is 1. The monoisotopic (exact) mass is 283 g/mol. The summed E-state index contributed by atoms with van der Waals surface area (Å²) in [5.41, 5.74) is 6.27. The number of methoxy groups -OCH3 is 1. The van der Waals surface area contributed by atoms with Crippen LogP contribution in [0.1, 0.15) is 0 Å². The predicted octanol–water partition coefficient (Wildman–Crippen LogP) is 2.54. The van der Waals surface area contributed by atoms with E-state index in [1.165, 1.54) is 0 Å². The van der Waals surface area contributed by atoms with E-state index < -0.39 is 0 Å². The highest BCUT2D eigenvalue weighted by molar-refractivity contribution is 14.1. The summed E-state index contributed by atoms with van der Waals surface area (Å²) in [6.45, 7) is 0. The van der Waals surface area contributed by atoms with Gasteiger partial charge in [-0.05, 0) is 28.7 Å². The van der Waals surface area contributed by atoms with E-state index in [1.807, 2.05) is 0 Å². The number of nitrogens with two attached hydrogens (primary N) is 1. The van der Waals surface area contributed by atoms with Crippen molar-refractivity contribution in [2.24, 2.45) is 0 Å². The lowest BCUT2D eigenvalue weighted by atomic mass is 10.3. The molecule has 0 radical (unpaired) electrons. The number of hydrogen-bond donors (Lipinski definition) is 1. The van der Waals surface area contributed by atoms with Gasteiger partial charge in [0.15, 0.2) is 0 Å². The summed E-state index contributed by atoms with van der Waals surface area (Å²) in [5, 5.41) is 0.627. The first-order valence-electron chi connectivity index (χ1n) is 2.93. The van der Waals surface area contributed by atoms with Crippen molar-refractivity contribution < 1.29 is 4.74 Å². The molecule has 1 aromatic rings. The van der Waals surface area contributed by atoms with Crippen LogP contribution in [-0.2, 0) is 0 Å². The van der Waals surface area contributed by atoms with Gasteiger partial charge in [-0.15, -0.1) is 0 Å². The fourth-order valence-corrected chi connectivity index (χ4v) is 1.23. The Morgan fingerprint density at radius 2 is 2.18 bits per heavy atom. The molecule has 0 saturated heterocycles. The van der Waals surface area contributed by atoms with Crippen molar-refractivity contribution in [2.75, 3.05) is 12.8 Å². The van der Waals surface area contributed by atoms with E-state index in [4.69, 9.17) is 22.1 Å². The number of rotatable bonds is 1. The van der Waals surface area contributed by atoms with Crippen LogP contribution in [0.4, 0.5) is 5.69 Å². The van der Waals surface area contributed by atoms with Gasteiger partial charge in [-0.25, -0.2) is 0 Å². The lowest BCUT2D eigenvalue weighted by Crippen LogP contribution is -1.92. The number of benzene rings is 1. The van der Waals surface area contributed by atoms with Crippen LogP contribution in [-0.4, -0.2) is 7.11 Å². The molecule has 2 N–H and O–H groups in total. The molecule has 1 rings (SSSR count). The second kappa shape index (κ2) is 3.49. The molecule has 4 heteroatoms. The third-order valence-corrected chi connectivity index (χ3v) is 3.09. The molecule has 60 valence electrons. The smallest absolute Gasteiger partial charge is 0.122 e. The van der Waals surface area contributed by atoms with Crippen molar-refractivity contribution in [1.82, 2.24) is 0 Å². The van der Waals surface area contributed by atoms with Crippen molar-refractivity contribution in [1.29, 1.82) is 0 Å². The molecule has 0 spiro atoms. The average Bonchev–Trinajstić information content (AvgIpc) is 1.99. The van der Waals surface area contributed by atoms with Gasteiger partial charge >= 0.3 is 0 Å². The molecule has 0 aromatic heterocycles. The summed E-state index contributed by atoms with van der Waals surface area (Å²) < 4.78 is 5.83. The Hall–Kier alpha value is -0.160. The second-order valence-electron chi connectivity index (χ2n) is 2.01. The van der Waals surface area contributed by atoms with E-state index in [9.17, 15) is 0 Å². The largest absolute Gasteiger partial charge is 0.497 e. The maximum absolute atomic E-state index is 5.83. The molecule has 0 atom stereocenters. The molecule has 0 aliphatic heterocycles. The Morgan fingerprint density at radius 1 is 1.55 bits per heavy atom. The third kappa shape index (κ3) is 1.90. The summed E-state index contributed by atoms with van der Waals surface area (Å²) >= 11 is 7.92. The Bertz CT molecular complexity index is 254. The van der Waals surface area contributed by atoms with E-state index in [2.05, 4.69) is 22.6 Å². The lowest BCUT2D eigenvalue weighted by Gasteiger charge is -2.04. The SMILES string of the molecule is COc1cc(N)c(I)c(Cl)c1. The van der Waals surface area contributed by atoms with Gasteiger partial charge in [-0.3, -0.25) is 0 Å². The molecule has 0 bridgehead atoms. The molecule has 11 heavy (non-hydrogen) atoms. The lowest BCUT2D eigenvalue weighted by molar-refractivity contribution is 0.415. The predicted molar refractivity (Wildman–Crippen MR) is 55.1 cm³/mol. The first-order valence-corrected chi connectivity index (χ1v) is 4.39. The van der Waals surface area contributed by atoms with E-state index in [0.29, 0.717) is 16.5 Å². The molecule has 1 aromatic carbocycles. The molecule has 0 amide bonds.